The van der Waals surface area contributed by atoms with E-state index in [0.29, 0.717) is 6.04 Å². The van der Waals surface area contributed by atoms with Gasteiger partial charge >= 0.3 is 0 Å². The van der Waals surface area contributed by atoms with Gasteiger partial charge in [0.25, 0.3) is 0 Å². The third-order valence-electron chi connectivity index (χ3n) is 3.65. The number of aromatic nitrogens is 1. The predicted octanol–water partition coefficient (Wildman–Crippen LogP) is 4.72. The zero-order valence-corrected chi connectivity index (χ0v) is 13.5. The molecule has 2 aromatic rings. The van der Waals surface area contributed by atoms with E-state index < -0.39 is 0 Å². The lowest BCUT2D eigenvalue weighted by Gasteiger charge is -2.19. The molecule has 1 aromatic carbocycles. The van der Waals surface area contributed by atoms with E-state index in [0.717, 1.165) is 42.1 Å². The predicted molar refractivity (Wildman–Crippen MR) is 89.8 cm³/mol. The summed E-state index contributed by atoms with van der Waals surface area (Å²) in [5, 5.41) is 4.46. The van der Waals surface area contributed by atoms with Crippen molar-refractivity contribution in [2.45, 2.75) is 39.2 Å². The molecular formula is C18H23ClN2. The number of hydrogen-bond donors (Lipinski definition) is 1. The second-order valence-corrected chi connectivity index (χ2v) is 5.78. The van der Waals surface area contributed by atoms with Gasteiger partial charge in [0.1, 0.15) is 0 Å². The van der Waals surface area contributed by atoms with Crippen LogP contribution < -0.4 is 5.32 Å². The highest BCUT2D eigenvalue weighted by molar-refractivity contribution is 6.31. The molecule has 0 fully saturated rings. The van der Waals surface area contributed by atoms with Crippen LogP contribution in [0.3, 0.4) is 0 Å². The number of rotatable bonds is 7. The number of benzene rings is 1. The summed E-state index contributed by atoms with van der Waals surface area (Å²) in [5.41, 5.74) is 3.52. The molecule has 1 heterocycles. The van der Waals surface area contributed by atoms with E-state index in [1.54, 1.807) is 0 Å². The minimum Gasteiger partial charge on any atom is -0.310 e. The second kappa shape index (κ2) is 8.16. The molecule has 0 aliphatic rings. The zero-order valence-electron chi connectivity index (χ0n) is 12.8. The van der Waals surface area contributed by atoms with Gasteiger partial charge in [-0.25, -0.2) is 0 Å². The molecule has 1 atom stereocenters. The van der Waals surface area contributed by atoms with Gasteiger partial charge < -0.3 is 5.32 Å². The summed E-state index contributed by atoms with van der Waals surface area (Å²) >= 11 is 6.27. The van der Waals surface area contributed by atoms with Crippen molar-refractivity contribution in [1.29, 1.82) is 0 Å². The van der Waals surface area contributed by atoms with Crippen LogP contribution in [0.2, 0.25) is 5.02 Å². The Kier molecular flexibility index (Phi) is 6.21. The summed E-state index contributed by atoms with van der Waals surface area (Å²) in [6.07, 6.45) is 4.97. The molecule has 1 N–H and O–H groups in total. The zero-order chi connectivity index (χ0) is 15.1. The lowest BCUT2D eigenvalue weighted by Crippen LogP contribution is -2.23. The fourth-order valence-electron chi connectivity index (χ4n) is 2.37. The molecule has 0 radical (unpaired) electrons. The first-order valence-electron chi connectivity index (χ1n) is 7.60. The van der Waals surface area contributed by atoms with Gasteiger partial charge in [0.15, 0.2) is 0 Å². The van der Waals surface area contributed by atoms with Crippen molar-refractivity contribution < 1.29 is 0 Å². The van der Waals surface area contributed by atoms with Crippen LogP contribution in [-0.2, 0) is 6.42 Å². The fourth-order valence-corrected chi connectivity index (χ4v) is 2.56. The molecule has 1 unspecified atom stereocenters. The molecule has 0 bridgehead atoms. The Morgan fingerprint density at radius 2 is 2.10 bits per heavy atom. The molecule has 0 saturated heterocycles. The Morgan fingerprint density at radius 1 is 1.24 bits per heavy atom. The summed E-state index contributed by atoms with van der Waals surface area (Å²) in [6.45, 7) is 5.23. The van der Waals surface area contributed by atoms with Crippen LogP contribution >= 0.6 is 11.6 Å². The monoisotopic (exact) mass is 302 g/mol. The molecule has 1 aromatic heterocycles. The molecule has 3 heteroatoms. The second-order valence-electron chi connectivity index (χ2n) is 5.38. The highest BCUT2D eigenvalue weighted by Gasteiger charge is 2.12. The minimum absolute atomic E-state index is 0.324. The van der Waals surface area contributed by atoms with Crippen LogP contribution in [0.4, 0.5) is 0 Å². The van der Waals surface area contributed by atoms with Gasteiger partial charge in [-0.1, -0.05) is 36.7 Å². The highest BCUT2D eigenvalue weighted by atomic mass is 35.5. The Hall–Kier alpha value is -1.38. The number of aryl methyl sites for hydroxylation is 2. The van der Waals surface area contributed by atoms with Crippen molar-refractivity contribution in [2.75, 3.05) is 6.54 Å². The van der Waals surface area contributed by atoms with Crippen molar-refractivity contribution in [3.8, 4) is 0 Å². The summed E-state index contributed by atoms with van der Waals surface area (Å²) in [4.78, 5) is 4.40. The minimum atomic E-state index is 0.324. The maximum atomic E-state index is 6.27. The Balaban J connectivity index is 2.08. The number of pyridine rings is 1. The molecule has 2 rings (SSSR count). The summed E-state index contributed by atoms with van der Waals surface area (Å²) in [6, 6.07) is 12.8. The SMILES string of the molecule is CCCNC(CCc1ccccn1)c1ccc(C)c(Cl)c1. The van der Waals surface area contributed by atoms with Crippen molar-refractivity contribution in [3.05, 3.63) is 64.4 Å². The van der Waals surface area contributed by atoms with Crippen molar-refractivity contribution in [2.24, 2.45) is 0 Å². The lowest BCUT2D eigenvalue weighted by molar-refractivity contribution is 0.497. The molecule has 0 saturated carbocycles. The average molecular weight is 303 g/mol. The average Bonchev–Trinajstić information content (AvgIpc) is 2.51. The number of nitrogens with zero attached hydrogens (tertiary/aromatic N) is 1. The molecule has 0 amide bonds. The summed E-state index contributed by atoms with van der Waals surface area (Å²) < 4.78 is 0. The maximum absolute atomic E-state index is 6.27. The lowest BCUT2D eigenvalue weighted by atomic mass is 9.99. The van der Waals surface area contributed by atoms with Crippen LogP contribution in [-0.4, -0.2) is 11.5 Å². The van der Waals surface area contributed by atoms with E-state index in [-0.39, 0.29) is 0 Å². The first kappa shape index (κ1) is 16.0. The molecule has 0 aliphatic heterocycles. The normalized spacial score (nSPS) is 12.3. The Labute approximate surface area is 132 Å². The molecule has 21 heavy (non-hydrogen) atoms. The third kappa shape index (κ3) is 4.83. The van der Waals surface area contributed by atoms with Gasteiger partial charge in [-0.05, 0) is 62.1 Å². The van der Waals surface area contributed by atoms with E-state index >= 15 is 0 Å². The largest absolute Gasteiger partial charge is 0.310 e. The summed E-state index contributed by atoms with van der Waals surface area (Å²) in [5.74, 6) is 0. The van der Waals surface area contributed by atoms with E-state index in [4.69, 9.17) is 11.6 Å². The van der Waals surface area contributed by atoms with Gasteiger partial charge in [-0.3, -0.25) is 4.98 Å². The standard InChI is InChI=1S/C18H23ClN2/c1-3-11-21-18(10-9-16-6-4-5-12-20-16)15-8-7-14(2)17(19)13-15/h4-8,12-13,18,21H,3,9-11H2,1-2H3. The smallest absolute Gasteiger partial charge is 0.0438 e. The van der Waals surface area contributed by atoms with Gasteiger partial charge in [-0.15, -0.1) is 0 Å². The topological polar surface area (TPSA) is 24.9 Å². The van der Waals surface area contributed by atoms with Gasteiger partial charge in [0.2, 0.25) is 0 Å². The first-order valence-corrected chi connectivity index (χ1v) is 7.98. The molecule has 112 valence electrons. The molecule has 0 aliphatic carbocycles. The van der Waals surface area contributed by atoms with Crippen LogP contribution in [0.5, 0.6) is 0 Å². The molecule has 0 spiro atoms. The van der Waals surface area contributed by atoms with Crippen LogP contribution in [0.25, 0.3) is 0 Å². The molecule has 2 nitrogen and oxygen atoms in total. The summed E-state index contributed by atoms with van der Waals surface area (Å²) in [7, 11) is 0. The van der Waals surface area contributed by atoms with Crippen LogP contribution in [0.15, 0.2) is 42.6 Å². The highest BCUT2D eigenvalue weighted by Crippen LogP contribution is 2.24. The third-order valence-corrected chi connectivity index (χ3v) is 4.06. The number of nitrogens with one attached hydrogen (secondary N) is 1. The van der Waals surface area contributed by atoms with Gasteiger partial charge in [0.05, 0.1) is 0 Å². The maximum Gasteiger partial charge on any atom is 0.0438 e. The van der Waals surface area contributed by atoms with Gasteiger partial charge in [0, 0.05) is 23.0 Å². The fraction of sp³-hybridized carbons (Fsp3) is 0.389. The molecular weight excluding hydrogens is 280 g/mol. The quantitative estimate of drug-likeness (QED) is 0.800. The van der Waals surface area contributed by atoms with E-state index in [9.17, 15) is 0 Å². The van der Waals surface area contributed by atoms with E-state index in [2.05, 4.69) is 41.5 Å². The van der Waals surface area contributed by atoms with Crippen LogP contribution in [0.1, 0.15) is 42.6 Å². The first-order chi connectivity index (χ1) is 10.2. The Bertz CT molecular complexity index is 554. The number of hydrogen-bond acceptors (Lipinski definition) is 2. The van der Waals surface area contributed by atoms with Crippen molar-refractivity contribution in [3.63, 3.8) is 0 Å². The van der Waals surface area contributed by atoms with Gasteiger partial charge in [-0.2, -0.15) is 0 Å². The number of halogens is 1. The van der Waals surface area contributed by atoms with E-state index in [1.165, 1.54) is 5.56 Å². The Morgan fingerprint density at radius 3 is 2.76 bits per heavy atom. The van der Waals surface area contributed by atoms with Crippen LogP contribution in [0, 0.1) is 6.92 Å². The van der Waals surface area contributed by atoms with Crippen molar-refractivity contribution in [1.82, 2.24) is 10.3 Å². The van der Waals surface area contributed by atoms with E-state index in [1.807, 2.05) is 25.3 Å². The van der Waals surface area contributed by atoms with Crippen molar-refractivity contribution >= 4 is 11.6 Å².